The van der Waals surface area contributed by atoms with E-state index in [9.17, 15) is 0 Å². The molecule has 0 atom stereocenters. The van der Waals surface area contributed by atoms with E-state index in [-0.39, 0.29) is 0 Å². The van der Waals surface area contributed by atoms with Gasteiger partial charge in [0, 0.05) is 30.6 Å². The molecule has 0 saturated carbocycles. The molecule has 1 heterocycles. The van der Waals surface area contributed by atoms with Crippen molar-refractivity contribution >= 4 is 11.4 Å². The first-order valence-electron chi connectivity index (χ1n) is 4.60. The number of nitrogens with zero attached hydrogens (tertiary/aromatic N) is 2. The maximum absolute atomic E-state index is 4.49. The molecule has 2 heteroatoms. The minimum Gasteiger partial charge on any atom is -0.372 e. The Balaban J connectivity index is 2.55. The third-order valence-electron chi connectivity index (χ3n) is 2.49. The summed E-state index contributed by atoms with van der Waals surface area (Å²) in [6.45, 7) is 3.99. The molecule has 0 spiro atoms. The van der Waals surface area contributed by atoms with Crippen molar-refractivity contribution < 1.29 is 0 Å². The van der Waals surface area contributed by atoms with Gasteiger partial charge in [-0.2, -0.15) is 0 Å². The molecule has 0 saturated heterocycles. The Bertz CT molecular complexity index is 342. The molecule has 0 bridgehead atoms. The van der Waals surface area contributed by atoms with Gasteiger partial charge < -0.3 is 4.90 Å². The van der Waals surface area contributed by atoms with Crippen molar-refractivity contribution in [2.45, 2.75) is 6.92 Å². The van der Waals surface area contributed by atoms with Crippen LogP contribution in [0, 0.1) is 0 Å². The smallest absolute Gasteiger partial charge is 0.0568 e. The number of hydrogen-bond acceptors (Lipinski definition) is 2. The molecule has 1 aliphatic heterocycles. The van der Waals surface area contributed by atoms with Crippen LogP contribution in [-0.2, 0) is 0 Å². The molecule has 0 aromatic heterocycles. The van der Waals surface area contributed by atoms with Gasteiger partial charge in [-0.05, 0) is 13.0 Å². The van der Waals surface area contributed by atoms with Crippen molar-refractivity contribution in [2.75, 3.05) is 25.0 Å². The summed E-state index contributed by atoms with van der Waals surface area (Å²) in [7, 11) is 2.12. The number of benzene rings is 1. The number of para-hydroxylation sites is 1. The largest absolute Gasteiger partial charge is 0.372 e. The van der Waals surface area contributed by atoms with Crippen LogP contribution in [0.2, 0.25) is 0 Å². The Kier molecular flexibility index (Phi) is 2.05. The molecule has 0 radical (unpaired) electrons. The first-order chi connectivity index (χ1) is 6.29. The highest BCUT2D eigenvalue weighted by Crippen LogP contribution is 2.21. The van der Waals surface area contributed by atoms with Gasteiger partial charge in [0.25, 0.3) is 0 Å². The zero-order chi connectivity index (χ0) is 9.26. The van der Waals surface area contributed by atoms with Gasteiger partial charge in [-0.25, -0.2) is 0 Å². The molecule has 2 rings (SSSR count). The molecule has 0 unspecified atom stereocenters. The standard InChI is InChI=1S/C11H14N2/c1-9-10-5-3-4-6-11(10)13(2)8-7-12-9/h3-6H,7-8H2,1-2H3. The SMILES string of the molecule is CC1=NCCN(C)c2ccccc21. The van der Waals surface area contributed by atoms with E-state index >= 15 is 0 Å². The second-order valence-electron chi connectivity index (χ2n) is 3.41. The number of aliphatic imine (C=N–C) groups is 1. The highest BCUT2D eigenvalue weighted by atomic mass is 15.1. The quantitative estimate of drug-likeness (QED) is 0.587. The zero-order valence-corrected chi connectivity index (χ0v) is 8.12. The summed E-state index contributed by atoms with van der Waals surface area (Å²) >= 11 is 0. The summed E-state index contributed by atoms with van der Waals surface area (Å²) < 4.78 is 0. The lowest BCUT2D eigenvalue weighted by atomic mass is 10.1. The molecule has 0 amide bonds. The lowest BCUT2D eigenvalue weighted by molar-refractivity contribution is 0.896. The minimum atomic E-state index is 0.900. The Morgan fingerprint density at radius 3 is 2.92 bits per heavy atom. The molecule has 0 fully saturated rings. The predicted octanol–water partition coefficient (Wildman–Crippen LogP) is 1.95. The molecular formula is C11H14N2. The van der Waals surface area contributed by atoms with Crippen LogP contribution in [0.1, 0.15) is 12.5 Å². The molecule has 1 aliphatic rings. The summed E-state index contributed by atoms with van der Waals surface area (Å²) in [6.07, 6.45) is 0. The molecule has 0 aliphatic carbocycles. The molecule has 0 N–H and O–H groups in total. The molecule has 2 nitrogen and oxygen atoms in total. The highest BCUT2D eigenvalue weighted by Gasteiger charge is 2.11. The monoisotopic (exact) mass is 174 g/mol. The van der Waals surface area contributed by atoms with Crippen molar-refractivity contribution in [2.24, 2.45) is 4.99 Å². The fourth-order valence-electron chi connectivity index (χ4n) is 1.69. The fourth-order valence-corrected chi connectivity index (χ4v) is 1.69. The minimum absolute atomic E-state index is 0.900. The number of anilines is 1. The lowest BCUT2D eigenvalue weighted by Gasteiger charge is -2.18. The average Bonchev–Trinajstić information content (AvgIpc) is 2.29. The first-order valence-corrected chi connectivity index (χ1v) is 4.60. The normalized spacial score (nSPS) is 16.2. The number of fused-ring (bicyclic) bond motifs is 1. The van der Waals surface area contributed by atoms with E-state index in [1.54, 1.807) is 0 Å². The van der Waals surface area contributed by atoms with Gasteiger partial charge in [0.1, 0.15) is 0 Å². The van der Waals surface area contributed by atoms with Crippen molar-refractivity contribution in [1.82, 2.24) is 0 Å². The van der Waals surface area contributed by atoms with Crippen LogP contribution in [0.25, 0.3) is 0 Å². The third kappa shape index (κ3) is 1.44. The topological polar surface area (TPSA) is 15.6 Å². The molecule has 68 valence electrons. The van der Waals surface area contributed by atoms with Gasteiger partial charge in [0.2, 0.25) is 0 Å². The van der Waals surface area contributed by atoms with E-state index in [2.05, 4.69) is 48.1 Å². The van der Waals surface area contributed by atoms with Gasteiger partial charge in [0.05, 0.1) is 6.54 Å². The Labute approximate surface area is 78.9 Å². The second kappa shape index (κ2) is 3.21. The summed E-state index contributed by atoms with van der Waals surface area (Å²) in [5.74, 6) is 0. The number of hydrogen-bond donors (Lipinski definition) is 0. The van der Waals surface area contributed by atoms with Crippen LogP contribution in [0.15, 0.2) is 29.3 Å². The van der Waals surface area contributed by atoms with Crippen molar-refractivity contribution in [3.8, 4) is 0 Å². The van der Waals surface area contributed by atoms with Crippen molar-refractivity contribution in [3.05, 3.63) is 29.8 Å². The predicted molar refractivity (Wildman–Crippen MR) is 56.8 cm³/mol. The lowest BCUT2D eigenvalue weighted by Crippen LogP contribution is -2.20. The van der Waals surface area contributed by atoms with Crippen LogP contribution >= 0.6 is 0 Å². The third-order valence-corrected chi connectivity index (χ3v) is 2.49. The summed E-state index contributed by atoms with van der Waals surface area (Å²) in [5, 5.41) is 0. The Morgan fingerprint density at radius 2 is 2.08 bits per heavy atom. The maximum Gasteiger partial charge on any atom is 0.0568 e. The van der Waals surface area contributed by atoms with E-state index in [0.717, 1.165) is 18.8 Å². The van der Waals surface area contributed by atoms with Crippen LogP contribution in [0.5, 0.6) is 0 Å². The van der Waals surface area contributed by atoms with Crippen LogP contribution < -0.4 is 4.90 Å². The Morgan fingerprint density at radius 1 is 1.31 bits per heavy atom. The molecule has 1 aromatic carbocycles. The summed E-state index contributed by atoms with van der Waals surface area (Å²) in [5.41, 5.74) is 3.71. The molecule has 1 aromatic rings. The average molecular weight is 174 g/mol. The van der Waals surface area contributed by atoms with Gasteiger partial charge in [0.15, 0.2) is 0 Å². The fraction of sp³-hybridized carbons (Fsp3) is 0.364. The van der Waals surface area contributed by atoms with E-state index < -0.39 is 0 Å². The second-order valence-corrected chi connectivity index (χ2v) is 3.41. The van der Waals surface area contributed by atoms with E-state index in [0.29, 0.717) is 0 Å². The van der Waals surface area contributed by atoms with Crippen LogP contribution in [0.3, 0.4) is 0 Å². The summed E-state index contributed by atoms with van der Waals surface area (Å²) in [6, 6.07) is 8.43. The van der Waals surface area contributed by atoms with Gasteiger partial charge >= 0.3 is 0 Å². The van der Waals surface area contributed by atoms with E-state index in [1.807, 2.05) is 0 Å². The van der Waals surface area contributed by atoms with Gasteiger partial charge in [-0.3, -0.25) is 4.99 Å². The van der Waals surface area contributed by atoms with Crippen LogP contribution in [-0.4, -0.2) is 25.8 Å². The van der Waals surface area contributed by atoms with Crippen molar-refractivity contribution in [1.29, 1.82) is 0 Å². The first kappa shape index (κ1) is 8.30. The number of likely N-dealkylation sites (N-methyl/N-ethyl adjacent to an activating group) is 1. The number of rotatable bonds is 0. The van der Waals surface area contributed by atoms with Crippen molar-refractivity contribution in [3.63, 3.8) is 0 Å². The van der Waals surface area contributed by atoms with Gasteiger partial charge in [-0.1, -0.05) is 18.2 Å². The van der Waals surface area contributed by atoms with Gasteiger partial charge in [-0.15, -0.1) is 0 Å². The number of benzodiazepines with no additional fused rings is 1. The van der Waals surface area contributed by atoms with E-state index in [4.69, 9.17) is 0 Å². The molecule has 13 heavy (non-hydrogen) atoms. The van der Waals surface area contributed by atoms with E-state index in [1.165, 1.54) is 11.3 Å². The molecular weight excluding hydrogens is 160 g/mol. The Hall–Kier alpha value is -1.31. The highest BCUT2D eigenvalue weighted by molar-refractivity contribution is 6.04. The maximum atomic E-state index is 4.49. The zero-order valence-electron chi connectivity index (χ0n) is 8.12. The van der Waals surface area contributed by atoms with Crippen LogP contribution in [0.4, 0.5) is 5.69 Å². The summed E-state index contributed by atoms with van der Waals surface area (Å²) in [4.78, 5) is 6.75.